The number of nitrogens with zero attached hydrogens (tertiary/aromatic N) is 3. The van der Waals surface area contributed by atoms with Crippen LogP contribution in [-0.2, 0) is 16.1 Å². The highest BCUT2D eigenvalue weighted by Crippen LogP contribution is 2.22. The Balaban J connectivity index is 1.61. The summed E-state index contributed by atoms with van der Waals surface area (Å²) in [7, 11) is 0. The Morgan fingerprint density at radius 2 is 2.05 bits per heavy atom. The van der Waals surface area contributed by atoms with Gasteiger partial charge in [0.25, 0.3) is 5.91 Å². The van der Waals surface area contributed by atoms with Gasteiger partial charge >= 0.3 is 0 Å². The summed E-state index contributed by atoms with van der Waals surface area (Å²) in [5, 5.41) is 3.14. The summed E-state index contributed by atoms with van der Waals surface area (Å²) < 4.78 is 1.92. The highest BCUT2D eigenvalue weighted by atomic mass is 16.2. The van der Waals surface area contributed by atoms with Gasteiger partial charge in [-0.15, -0.1) is 0 Å². The number of aromatic nitrogens is 2. The first-order valence-corrected chi connectivity index (χ1v) is 6.86. The molecular formula is C15H16N4O2. The number of hydrogen-bond acceptors (Lipinski definition) is 4. The second-order valence-electron chi connectivity index (χ2n) is 4.91. The summed E-state index contributed by atoms with van der Waals surface area (Å²) in [4.78, 5) is 29.6. The zero-order valence-electron chi connectivity index (χ0n) is 11.5. The molecule has 2 heterocycles. The highest BCUT2D eigenvalue weighted by Gasteiger charge is 2.38. The van der Waals surface area contributed by atoms with Crippen LogP contribution >= 0.6 is 0 Å². The average molecular weight is 284 g/mol. The zero-order valence-corrected chi connectivity index (χ0v) is 11.5. The van der Waals surface area contributed by atoms with Crippen molar-refractivity contribution in [3.05, 3.63) is 49.1 Å². The molecule has 108 valence electrons. The van der Waals surface area contributed by atoms with Gasteiger partial charge in [0.15, 0.2) is 0 Å². The van der Waals surface area contributed by atoms with Gasteiger partial charge in [0.1, 0.15) is 0 Å². The van der Waals surface area contributed by atoms with E-state index in [1.165, 1.54) is 4.90 Å². The van der Waals surface area contributed by atoms with Crippen LogP contribution < -0.4 is 10.2 Å². The topological polar surface area (TPSA) is 67.2 Å². The molecule has 0 bridgehead atoms. The Hall–Kier alpha value is -2.47. The monoisotopic (exact) mass is 284 g/mol. The zero-order chi connectivity index (χ0) is 14.7. The van der Waals surface area contributed by atoms with Crippen molar-refractivity contribution in [1.82, 2.24) is 14.9 Å². The predicted octanol–water partition coefficient (Wildman–Crippen LogP) is 0.805. The molecule has 0 aliphatic carbocycles. The normalized spacial score (nSPS) is 18.5. The molecular weight excluding hydrogens is 268 g/mol. The van der Waals surface area contributed by atoms with Crippen molar-refractivity contribution in [2.24, 2.45) is 0 Å². The molecule has 1 aromatic carbocycles. The lowest BCUT2D eigenvalue weighted by molar-refractivity contribution is -0.121. The van der Waals surface area contributed by atoms with Crippen LogP contribution in [0.2, 0.25) is 0 Å². The van der Waals surface area contributed by atoms with Gasteiger partial charge in [-0.1, -0.05) is 18.2 Å². The number of nitrogens with one attached hydrogen (secondary N) is 1. The van der Waals surface area contributed by atoms with Gasteiger partial charge in [0.05, 0.1) is 24.5 Å². The molecule has 1 fully saturated rings. The van der Waals surface area contributed by atoms with E-state index < -0.39 is 6.04 Å². The van der Waals surface area contributed by atoms with Crippen molar-refractivity contribution in [3.63, 3.8) is 0 Å². The lowest BCUT2D eigenvalue weighted by Crippen LogP contribution is -2.40. The Kier molecular flexibility index (Phi) is 3.79. The van der Waals surface area contributed by atoms with Crippen LogP contribution in [0.5, 0.6) is 0 Å². The fourth-order valence-electron chi connectivity index (χ4n) is 2.43. The van der Waals surface area contributed by atoms with Gasteiger partial charge in [-0.3, -0.25) is 9.59 Å². The molecule has 0 radical (unpaired) electrons. The van der Waals surface area contributed by atoms with Crippen LogP contribution in [0.15, 0.2) is 49.1 Å². The molecule has 2 amide bonds. The molecule has 1 N–H and O–H groups in total. The number of carbonyl (C=O) groups excluding carboxylic acids is 2. The summed E-state index contributed by atoms with van der Waals surface area (Å²) >= 11 is 0. The van der Waals surface area contributed by atoms with Crippen molar-refractivity contribution in [3.8, 4) is 0 Å². The second kappa shape index (κ2) is 5.88. The number of carbonyl (C=O) groups is 2. The summed E-state index contributed by atoms with van der Waals surface area (Å²) in [6.45, 7) is 1.33. The number of hydrogen-bond donors (Lipinski definition) is 1. The van der Waals surface area contributed by atoms with Crippen LogP contribution in [0, 0.1) is 0 Å². The molecule has 1 unspecified atom stereocenters. The molecule has 0 saturated carbocycles. The van der Waals surface area contributed by atoms with Gasteiger partial charge in [0, 0.05) is 25.5 Å². The maximum absolute atomic E-state index is 12.3. The summed E-state index contributed by atoms with van der Waals surface area (Å²) in [5.41, 5.74) is 0.631. The minimum atomic E-state index is -0.443. The van der Waals surface area contributed by atoms with Crippen molar-refractivity contribution in [2.45, 2.75) is 19.0 Å². The minimum absolute atomic E-state index is 0.161. The van der Waals surface area contributed by atoms with Crippen LogP contribution in [-0.4, -0.2) is 34.0 Å². The van der Waals surface area contributed by atoms with E-state index in [-0.39, 0.29) is 18.2 Å². The third kappa shape index (κ3) is 2.85. The summed E-state index contributed by atoms with van der Waals surface area (Å²) in [6, 6.07) is 8.58. The Labute approximate surface area is 122 Å². The van der Waals surface area contributed by atoms with Crippen molar-refractivity contribution in [1.29, 1.82) is 0 Å². The number of imide groups is 1. The Morgan fingerprint density at radius 3 is 2.76 bits per heavy atom. The maximum atomic E-state index is 12.3. The minimum Gasteiger partial charge on any atom is -0.336 e. The number of rotatable bonds is 5. The van der Waals surface area contributed by atoms with Gasteiger partial charge in [-0.05, 0) is 12.1 Å². The van der Waals surface area contributed by atoms with E-state index in [9.17, 15) is 9.59 Å². The smallest absolute Gasteiger partial charge is 0.251 e. The average Bonchev–Trinajstić information content (AvgIpc) is 3.09. The van der Waals surface area contributed by atoms with E-state index in [1.807, 2.05) is 29.0 Å². The molecule has 6 heteroatoms. The Morgan fingerprint density at radius 1 is 1.24 bits per heavy atom. The standard InChI is InChI=1S/C15H16N4O2/c20-14-10-13(17-7-9-18-8-6-16-11-18)15(21)19(14)12-4-2-1-3-5-12/h1-6,8,11,13,17H,7,9-10H2. The molecule has 3 rings (SSSR count). The van der Waals surface area contributed by atoms with E-state index in [4.69, 9.17) is 0 Å². The predicted molar refractivity (Wildman–Crippen MR) is 77.6 cm³/mol. The van der Waals surface area contributed by atoms with Crippen LogP contribution in [0.4, 0.5) is 5.69 Å². The van der Waals surface area contributed by atoms with Crippen molar-refractivity contribution >= 4 is 17.5 Å². The molecule has 2 aromatic rings. The number of benzene rings is 1. The van der Waals surface area contributed by atoms with Crippen molar-refractivity contribution in [2.75, 3.05) is 11.4 Å². The van der Waals surface area contributed by atoms with Gasteiger partial charge < -0.3 is 9.88 Å². The van der Waals surface area contributed by atoms with E-state index >= 15 is 0 Å². The molecule has 1 aliphatic heterocycles. The number of para-hydroxylation sites is 1. The second-order valence-corrected chi connectivity index (χ2v) is 4.91. The highest BCUT2D eigenvalue weighted by molar-refractivity contribution is 6.22. The van der Waals surface area contributed by atoms with Gasteiger partial charge in [-0.2, -0.15) is 0 Å². The van der Waals surface area contributed by atoms with Crippen LogP contribution in [0.1, 0.15) is 6.42 Å². The van der Waals surface area contributed by atoms with Crippen LogP contribution in [0.25, 0.3) is 0 Å². The van der Waals surface area contributed by atoms with E-state index in [2.05, 4.69) is 10.3 Å². The number of imidazole rings is 1. The summed E-state index contributed by atoms with van der Waals surface area (Å²) in [6.07, 6.45) is 5.50. The lowest BCUT2D eigenvalue weighted by Gasteiger charge is -2.15. The molecule has 21 heavy (non-hydrogen) atoms. The molecule has 1 aromatic heterocycles. The number of anilines is 1. The maximum Gasteiger partial charge on any atom is 0.251 e. The molecule has 1 saturated heterocycles. The molecule has 1 atom stereocenters. The van der Waals surface area contributed by atoms with Crippen molar-refractivity contribution < 1.29 is 9.59 Å². The first-order chi connectivity index (χ1) is 10.3. The first-order valence-electron chi connectivity index (χ1n) is 6.86. The third-order valence-electron chi connectivity index (χ3n) is 3.48. The van der Waals surface area contributed by atoms with E-state index in [1.54, 1.807) is 24.7 Å². The third-order valence-corrected chi connectivity index (χ3v) is 3.48. The molecule has 1 aliphatic rings. The summed E-state index contributed by atoms with van der Waals surface area (Å²) in [5.74, 6) is -0.344. The van der Waals surface area contributed by atoms with Gasteiger partial charge in [-0.25, -0.2) is 9.88 Å². The quantitative estimate of drug-likeness (QED) is 0.825. The number of amides is 2. The first kappa shape index (κ1) is 13.5. The lowest BCUT2D eigenvalue weighted by atomic mass is 10.2. The molecule has 0 spiro atoms. The largest absolute Gasteiger partial charge is 0.336 e. The fraction of sp³-hybridized carbons (Fsp3) is 0.267. The fourth-order valence-corrected chi connectivity index (χ4v) is 2.43. The van der Waals surface area contributed by atoms with E-state index in [0.717, 1.165) is 0 Å². The molecule has 6 nitrogen and oxygen atoms in total. The van der Waals surface area contributed by atoms with E-state index in [0.29, 0.717) is 18.8 Å². The SMILES string of the molecule is O=C1CC(NCCn2ccnc2)C(=O)N1c1ccccc1. The Bertz CT molecular complexity index is 624. The van der Waals surface area contributed by atoms with Crippen LogP contribution in [0.3, 0.4) is 0 Å². The van der Waals surface area contributed by atoms with Gasteiger partial charge in [0.2, 0.25) is 5.91 Å².